The summed E-state index contributed by atoms with van der Waals surface area (Å²) < 4.78 is 0. The second-order valence-electron chi connectivity index (χ2n) is 3.74. The number of halogens is 1. The van der Waals surface area contributed by atoms with Crippen molar-refractivity contribution in [3.05, 3.63) is 58.9 Å². The molecule has 1 aromatic heterocycles. The van der Waals surface area contributed by atoms with Crippen LogP contribution in [0.25, 0.3) is 0 Å². The van der Waals surface area contributed by atoms with Crippen molar-refractivity contribution in [2.45, 2.75) is 6.54 Å². The minimum atomic E-state index is 0.286. The van der Waals surface area contributed by atoms with Gasteiger partial charge in [0.05, 0.1) is 10.6 Å². The van der Waals surface area contributed by atoms with Gasteiger partial charge in [0, 0.05) is 24.6 Å². The Kier molecular flexibility index (Phi) is 4.12. The molecule has 1 heterocycles. The molecule has 0 bridgehead atoms. The molecule has 0 spiro atoms. The van der Waals surface area contributed by atoms with E-state index in [4.69, 9.17) is 29.6 Å². The predicted octanol–water partition coefficient (Wildman–Crippen LogP) is 2.98. The lowest BCUT2D eigenvalue weighted by atomic mass is 10.1. The minimum Gasteiger partial charge on any atom is -0.389 e. The SMILES string of the molecule is NC(=S)c1c(Cl)cccc1NCc1cccnc1. The van der Waals surface area contributed by atoms with Crippen molar-refractivity contribution >= 4 is 34.5 Å². The number of anilines is 1. The number of hydrogen-bond acceptors (Lipinski definition) is 3. The van der Waals surface area contributed by atoms with Crippen LogP contribution >= 0.6 is 23.8 Å². The van der Waals surface area contributed by atoms with Crippen molar-refractivity contribution in [2.24, 2.45) is 5.73 Å². The molecule has 0 amide bonds. The van der Waals surface area contributed by atoms with Gasteiger partial charge in [-0.1, -0.05) is 36.0 Å². The zero-order valence-electron chi connectivity index (χ0n) is 9.56. The van der Waals surface area contributed by atoms with Crippen molar-refractivity contribution < 1.29 is 0 Å². The van der Waals surface area contributed by atoms with Crippen LogP contribution in [0.5, 0.6) is 0 Å². The fraction of sp³-hybridized carbons (Fsp3) is 0.0769. The van der Waals surface area contributed by atoms with Crippen LogP contribution in [0.2, 0.25) is 5.02 Å². The van der Waals surface area contributed by atoms with Crippen LogP contribution in [0.4, 0.5) is 5.69 Å². The molecule has 0 saturated carbocycles. The summed E-state index contributed by atoms with van der Waals surface area (Å²) in [6, 6.07) is 9.41. The Morgan fingerprint density at radius 2 is 2.17 bits per heavy atom. The van der Waals surface area contributed by atoms with Gasteiger partial charge in [0.2, 0.25) is 0 Å². The smallest absolute Gasteiger partial charge is 0.107 e. The number of benzene rings is 1. The molecular formula is C13H12ClN3S. The summed E-state index contributed by atoms with van der Waals surface area (Å²) >= 11 is 11.1. The maximum atomic E-state index is 6.09. The third kappa shape index (κ3) is 2.97. The number of aromatic nitrogens is 1. The molecule has 0 aliphatic heterocycles. The lowest BCUT2D eigenvalue weighted by Gasteiger charge is -2.12. The van der Waals surface area contributed by atoms with Crippen molar-refractivity contribution in [2.75, 3.05) is 5.32 Å². The normalized spacial score (nSPS) is 10.1. The van der Waals surface area contributed by atoms with Gasteiger partial charge in [-0.2, -0.15) is 0 Å². The molecule has 0 saturated heterocycles. The highest BCUT2D eigenvalue weighted by Gasteiger charge is 2.09. The molecule has 92 valence electrons. The van der Waals surface area contributed by atoms with Gasteiger partial charge in [0.15, 0.2) is 0 Å². The standard InChI is InChI=1S/C13H12ClN3S/c14-10-4-1-5-11(12(10)13(15)18)17-8-9-3-2-6-16-7-9/h1-7,17H,8H2,(H2,15,18). The Bertz CT molecular complexity index is 557. The highest BCUT2D eigenvalue weighted by Crippen LogP contribution is 2.24. The molecule has 2 rings (SSSR count). The monoisotopic (exact) mass is 277 g/mol. The highest BCUT2D eigenvalue weighted by atomic mass is 35.5. The number of nitrogens with one attached hydrogen (secondary N) is 1. The molecule has 0 atom stereocenters. The molecule has 18 heavy (non-hydrogen) atoms. The van der Waals surface area contributed by atoms with E-state index in [1.54, 1.807) is 18.5 Å². The van der Waals surface area contributed by atoms with E-state index < -0.39 is 0 Å². The first kappa shape index (κ1) is 12.8. The Balaban J connectivity index is 2.20. The van der Waals surface area contributed by atoms with Gasteiger partial charge in [0.25, 0.3) is 0 Å². The fourth-order valence-electron chi connectivity index (χ4n) is 1.62. The second kappa shape index (κ2) is 5.80. The van der Waals surface area contributed by atoms with E-state index >= 15 is 0 Å². The molecule has 1 aromatic carbocycles. The fourth-order valence-corrected chi connectivity index (χ4v) is 2.17. The van der Waals surface area contributed by atoms with Crippen LogP contribution in [0.3, 0.4) is 0 Å². The van der Waals surface area contributed by atoms with Gasteiger partial charge >= 0.3 is 0 Å². The van der Waals surface area contributed by atoms with Crippen molar-refractivity contribution in [3.8, 4) is 0 Å². The van der Waals surface area contributed by atoms with E-state index in [1.807, 2.05) is 24.3 Å². The molecule has 0 aliphatic carbocycles. The summed E-state index contributed by atoms with van der Waals surface area (Å²) in [7, 11) is 0. The van der Waals surface area contributed by atoms with Crippen LogP contribution in [-0.2, 0) is 6.54 Å². The quantitative estimate of drug-likeness (QED) is 0.844. The van der Waals surface area contributed by atoms with E-state index in [0.717, 1.165) is 11.3 Å². The van der Waals surface area contributed by atoms with E-state index in [2.05, 4.69) is 10.3 Å². The molecule has 5 heteroatoms. The summed E-state index contributed by atoms with van der Waals surface area (Å²) in [5.41, 5.74) is 8.27. The first-order valence-corrected chi connectivity index (χ1v) is 6.18. The van der Waals surface area contributed by atoms with Gasteiger partial charge < -0.3 is 11.1 Å². The molecule has 3 N–H and O–H groups in total. The average Bonchev–Trinajstić information content (AvgIpc) is 2.37. The Hall–Kier alpha value is -1.65. The van der Waals surface area contributed by atoms with E-state index in [1.165, 1.54) is 0 Å². The zero-order chi connectivity index (χ0) is 13.0. The van der Waals surface area contributed by atoms with Gasteiger partial charge in [-0.25, -0.2) is 0 Å². The van der Waals surface area contributed by atoms with Crippen molar-refractivity contribution in [3.63, 3.8) is 0 Å². The summed E-state index contributed by atoms with van der Waals surface area (Å²) in [4.78, 5) is 4.34. The lowest BCUT2D eigenvalue weighted by Crippen LogP contribution is -2.14. The third-order valence-corrected chi connectivity index (χ3v) is 2.98. The number of pyridine rings is 1. The van der Waals surface area contributed by atoms with Gasteiger partial charge in [-0.15, -0.1) is 0 Å². The number of hydrogen-bond donors (Lipinski definition) is 2. The van der Waals surface area contributed by atoms with Gasteiger partial charge in [-0.3, -0.25) is 4.98 Å². The number of thiocarbonyl (C=S) groups is 1. The third-order valence-electron chi connectivity index (χ3n) is 2.47. The lowest BCUT2D eigenvalue weighted by molar-refractivity contribution is 1.11. The topological polar surface area (TPSA) is 50.9 Å². The summed E-state index contributed by atoms with van der Waals surface area (Å²) in [6.07, 6.45) is 3.54. The summed E-state index contributed by atoms with van der Waals surface area (Å²) in [6.45, 7) is 0.643. The molecule has 0 aliphatic rings. The van der Waals surface area contributed by atoms with E-state index in [0.29, 0.717) is 17.1 Å². The predicted molar refractivity (Wildman–Crippen MR) is 78.9 cm³/mol. The van der Waals surface area contributed by atoms with E-state index in [-0.39, 0.29) is 4.99 Å². The van der Waals surface area contributed by atoms with Crippen molar-refractivity contribution in [1.29, 1.82) is 0 Å². The van der Waals surface area contributed by atoms with Gasteiger partial charge in [-0.05, 0) is 23.8 Å². The number of nitrogens with two attached hydrogens (primary N) is 1. The van der Waals surface area contributed by atoms with Crippen LogP contribution in [-0.4, -0.2) is 9.97 Å². The maximum absolute atomic E-state index is 6.09. The molecule has 0 radical (unpaired) electrons. The Morgan fingerprint density at radius 1 is 1.33 bits per heavy atom. The molecule has 3 nitrogen and oxygen atoms in total. The largest absolute Gasteiger partial charge is 0.389 e. The van der Waals surface area contributed by atoms with Crippen LogP contribution in [0.15, 0.2) is 42.7 Å². The maximum Gasteiger partial charge on any atom is 0.107 e. The summed E-state index contributed by atoms with van der Waals surface area (Å²) in [5, 5.41) is 3.81. The zero-order valence-corrected chi connectivity index (χ0v) is 11.1. The summed E-state index contributed by atoms with van der Waals surface area (Å²) in [5.74, 6) is 0. The number of rotatable bonds is 4. The second-order valence-corrected chi connectivity index (χ2v) is 4.59. The first-order valence-electron chi connectivity index (χ1n) is 5.39. The first-order chi connectivity index (χ1) is 8.68. The molecular weight excluding hydrogens is 266 g/mol. The Morgan fingerprint density at radius 3 is 2.83 bits per heavy atom. The minimum absolute atomic E-state index is 0.286. The van der Waals surface area contributed by atoms with Crippen LogP contribution < -0.4 is 11.1 Å². The van der Waals surface area contributed by atoms with E-state index in [9.17, 15) is 0 Å². The molecule has 0 fully saturated rings. The van der Waals surface area contributed by atoms with Crippen LogP contribution in [0, 0.1) is 0 Å². The molecule has 0 unspecified atom stereocenters. The van der Waals surface area contributed by atoms with Crippen molar-refractivity contribution in [1.82, 2.24) is 4.98 Å². The Labute approximate surface area is 116 Å². The average molecular weight is 278 g/mol. The highest BCUT2D eigenvalue weighted by molar-refractivity contribution is 7.80. The number of nitrogens with zero attached hydrogens (tertiary/aromatic N) is 1. The van der Waals surface area contributed by atoms with Crippen LogP contribution in [0.1, 0.15) is 11.1 Å². The molecule has 2 aromatic rings. The van der Waals surface area contributed by atoms with Gasteiger partial charge in [0.1, 0.15) is 4.99 Å².